The predicted octanol–water partition coefficient (Wildman–Crippen LogP) is 2.26. The third-order valence-corrected chi connectivity index (χ3v) is 3.08. The zero-order chi connectivity index (χ0) is 16.2. The highest BCUT2D eigenvalue weighted by atomic mass is 19.1. The van der Waals surface area contributed by atoms with Crippen LogP contribution < -0.4 is 5.32 Å². The molecule has 1 rings (SSSR count). The van der Waals surface area contributed by atoms with Crippen LogP contribution in [0.1, 0.15) is 26.3 Å². The van der Waals surface area contributed by atoms with Gasteiger partial charge in [0.05, 0.1) is 13.1 Å². The normalized spacial score (nSPS) is 11.5. The van der Waals surface area contributed by atoms with Crippen LogP contribution in [-0.4, -0.2) is 40.5 Å². The molecule has 1 aromatic carbocycles. The van der Waals surface area contributed by atoms with E-state index in [2.05, 4.69) is 5.32 Å². The number of nitrogens with zero attached hydrogens (tertiary/aromatic N) is 1. The molecule has 0 unspecified atom stereocenters. The van der Waals surface area contributed by atoms with Gasteiger partial charge in [0.1, 0.15) is 5.82 Å². The minimum absolute atomic E-state index is 0.0776. The molecule has 0 radical (unpaired) electrons. The van der Waals surface area contributed by atoms with Crippen LogP contribution in [0.4, 0.5) is 10.1 Å². The van der Waals surface area contributed by atoms with E-state index in [0.717, 1.165) is 5.56 Å². The molecule has 0 spiro atoms. The molecule has 1 aromatic rings. The molecule has 0 bridgehead atoms. The third kappa shape index (κ3) is 5.51. The van der Waals surface area contributed by atoms with Gasteiger partial charge < -0.3 is 10.4 Å². The Morgan fingerprint density at radius 2 is 1.90 bits per heavy atom. The van der Waals surface area contributed by atoms with Gasteiger partial charge in [-0.1, -0.05) is 6.07 Å². The van der Waals surface area contributed by atoms with Gasteiger partial charge in [0.25, 0.3) is 0 Å². The number of hydrogen-bond acceptors (Lipinski definition) is 3. The summed E-state index contributed by atoms with van der Waals surface area (Å²) in [5.74, 6) is -1.81. The van der Waals surface area contributed by atoms with E-state index < -0.39 is 17.3 Å². The molecule has 0 aromatic heterocycles. The Labute approximate surface area is 123 Å². The molecule has 0 aliphatic carbocycles. The summed E-state index contributed by atoms with van der Waals surface area (Å²) in [5, 5.41) is 11.5. The van der Waals surface area contributed by atoms with E-state index >= 15 is 0 Å². The zero-order valence-corrected chi connectivity index (χ0v) is 12.7. The van der Waals surface area contributed by atoms with Gasteiger partial charge in [-0.3, -0.25) is 14.5 Å². The second kappa shape index (κ2) is 6.67. The first-order valence-electron chi connectivity index (χ1n) is 6.62. The van der Waals surface area contributed by atoms with Gasteiger partial charge in [0.15, 0.2) is 0 Å². The maximum Gasteiger partial charge on any atom is 0.317 e. The summed E-state index contributed by atoms with van der Waals surface area (Å²) in [6.07, 6.45) is 0. The number of carboxylic acids is 1. The standard InChI is InChI=1S/C15H21FN2O3/c1-10-5-6-11(16)7-12(10)17-13(19)8-18(9-14(20)21)15(2,3)4/h5-7H,8-9H2,1-4H3,(H,17,19)(H,20,21). The van der Waals surface area contributed by atoms with E-state index in [0.29, 0.717) is 5.69 Å². The Morgan fingerprint density at radius 3 is 2.43 bits per heavy atom. The summed E-state index contributed by atoms with van der Waals surface area (Å²) < 4.78 is 13.2. The average Bonchev–Trinajstić information content (AvgIpc) is 2.31. The number of carbonyl (C=O) groups excluding carboxylic acids is 1. The number of aryl methyl sites for hydroxylation is 1. The number of benzene rings is 1. The lowest BCUT2D eigenvalue weighted by molar-refractivity contribution is -0.140. The Morgan fingerprint density at radius 1 is 1.29 bits per heavy atom. The molecule has 0 fully saturated rings. The molecule has 21 heavy (non-hydrogen) atoms. The summed E-state index contributed by atoms with van der Waals surface area (Å²) in [6.45, 7) is 6.93. The van der Waals surface area contributed by atoms with Crippen molar-refractivity contribution in [3.8, 4) is 0 Å². The van der Waals surface area contributed by atoms with Gasteiger partial charge in [-0.05, 0) is 45.4 Å². The largest absolute Gasteiger partial charge is 0.480 e. The highest BCUT2D eigenvalue weighted by Crippen LogP contribution is 2.17. The number of nitrogens with one attached hydrogen (secondary N) is 1. The minimum Gasteiger partial charge on any atom is -0.480 e. The fraction of sp³-hybridized carbons (Fsp3) is 0.467. The zero-order valence-electron chi connectivity index (χ0n) is 12.7. The van der Waals surface area contributed by atoms with Crippen LogP contribution in [0.3, 0.4) is 0 Å². The van der Waals surface area contributed by atoms with Crippen molar-refractivity contribution in [1.82, 2.24) is 4.90 Å². The molecule has 0 saturated heterocycles. The number of aliphatic carboxylic acids is 1. The van der Waals surface area contributed by atoms with Crippen LogP contribution >= 0.6 is 0 Å². The van der Waals surface area contributed by atoms with Crippen molar-refractivity contribution in [3.63, 3.8) is 0 Å². The lowest BCUT2D eigenvalue weighted by atomic mass is 10.1. The second-order valence-electron chi connectivity index (χ2n) is 5.93. The van der Waals surface area contributed by atoms with Crippen molar-refractivity contribution < 1.29 is 19.1 Å². The highest BCUT2D eigenvalue weighted by molar-refractivity contribution is 5.93. The van der Waals surface area contributed by atoms with Crippen LogP contribution in [0.25, 0.3) is 0 Å². The predicted molar refractivity (Wildman–Crippen MR) is 78.7 cm³/mol. The van der Waals surface area contributed by atoms with E-state index in [1.165, 1.54) is 12.1 Å². The summed E-state index contributed by atoms with van der Waals surface area (Å²) in [4.78, 5) is 24.5. The first-order valence-corrected chi connectivity index (χ1v) is 6.62. The van der Waals surface area contributed by atoms with Crippen LogP contribution in [-0.2, 0) is 9.59 Å². The number of carbonyl (C=O) groups is 2. The third-order valence-electron chi connectivity index (χ3n) is 3.08. The van der Waals surface area contributed by atoms with Gasteiger partial charge in [0.2, 0.25) is 5.91 Å². The molecular weight excluding hydrogens is 275 g/mol. The Bertz CT molecular complexity index is 538. The summed E-state index contributed by atoms with van der Waals surface area (Å²) >= 11 is 0. The topological polar surface area (TPSA) is 69.6 Å². The second-order valence-corrected chi connectivity index (χ2v) is 5.93. The number of rotatable bonds is 5. The van der Waals surface area contributed by atoms with E-state index in [1.54, 1.807) is 17.9 Å². The molecular formula is C15H21FN2O3. The summed E-state index contributed by atoms with van der Waals surface area (Å²) in [7, 11) is 0. The maximum absolute atomic E-state index is 13.2. The quantitative estimate of drug-likeness (QED) is 0.874. The van der Waals surface area contributed by atoms with Gasteiger partial charge in [0, 0.05) is 11.2 Å². The van der Waals surface area contributed by atoms with Gasteiger partial charge in [-0.2, -0.15) is 0 Å². The first kappa shape index (κ1) is 17.1. The molecule has 0 aliphatic heterocycles. The smallest absolute Gasteiger partial charge is 0.317 e. The van der Waals surface area contributed by atoms with Gasteiger partial charge >= 0.3 is 5.97 Å². The molecule has 0 saturated carbocycles. The molecule has 116 valence electrons. The molecule has 6 heteroatoms. The maximum atomic E-state index is 13.2. The van der Waals surface area contributed by atoms with Gasteiger partial charge in [-0.25, -0.2) is 4.39 Å². The average molecular weight is 296 g/mol. The van der Waals surface area contributed by atoms with Crippen molar-refractivity contribution >= 4 is 17.6 Å². The highest BCUT2D eigenvalue weighted by Gasteiger charge is 2.25. The Kier molecular flexibility index (Phi) is 5.43. The molecule has 0 aliphatic rings. The van der Waals surface area contributed by atoms with Crippen molar-refractivity contribution in [2.45, 2.75) is 33.2 Å². The van der Waals surface area contributed by atoms with Gasteiger partial charge in [-0.15, -0.1) is 0 Å². The molecule has 0 atom stereocenters. The monoisotopic (exact) mass is 296 g/mol. The molecule has 1 amide bonds. The molecule has 0 heterocycles. The van der Waals surface area contributed by atoms with E-state index in [1.807, 2.05) is 20.8 Å². The van der Waals surface area contributed by atoms with Crippen LogP contribution in [0.2, 0.25) is 0 Å². The lowest BCUT2D eigenvalue weighted by Crippen LogP contribution is -2.48. The van der Waals surface area contributed by atoms with Crippen molar-refractivity contribution in [1.29, 1.82) is 0 Å². The number of carboxylic acid groups (broad SMARTS) is 1. The van der Waals surface area contributed by atoms with E-state index in [-0.39, 0.29) is 19.0 Å². The Balaban J connectivity index is 2.78. The van der Waals surface area contributed by atoms with E-state index in [4.69, 9.17) is 5.11 Å². The van der Waals surface area contributed by atoms with Crippen molar-refractivity contribution in [2.75, 3.05) is 18.4 Å². The SMILES string of the molecule is Cc1ccc(F)cc1NC(=O)CN(CC(=O)O)C(C)(C)C. The number of halogens is 1. The molecule has 2 N–H and O–H groups in total. The fourth-order valence-electron chi connectivity index (χ4n) is 1.79. The van der Waals surface area contributed by atoms with Crippen molar-refractivity contribution in [3.05, 3.63) is 29.6 Å². The van der Waals surface area contributed by atoms with Crippen molar-refractivity contribution in [2.24, 2.45) is 0 Å². The van der Waals surface area contributed by atoms with Crippen LogP contribution in [0, 0.1) is 12.7 Å². The summed E-state index contributed by atoms with van der Waals surface area (Å²) in [6, 6.07) is 4.13. The fourth-order valence-corrected chi connectivity index (χ4v) is 1.79. The van der Waals surface area contributed by atoms with E-state index in [9.17, 15) is 14.0 Å². The first-order chi connectivity index (χ1) is 9.59. The molecule has 5 nitrogen and oxygen atoms in total. The number of amides is 1. The Hall–Kier alpha value is -1.95. The summed E-state index contributed by atoms with van der Waals surface area (Å²) in [5.41, 5.74) is 0.668. The van der Waals surface area contributed by atoms with Crippen LogP contribution in [0.15, 0.2) is 18.2 Å². The lowest BCUT2D eigenvalue weighted by Gasteiger charge is -2.33. The number of hydrogen-bond donors (Lipinski definition) is 2. The minimum atomic E-state index is -1.00. The van der Waals surface area contributed by atoms with Crippen LogP contribution in [0.5, 0.6) is 0 Å². The number of anilines is 1.